The summed E-state index contributed by atoms with van der Waals surface area (Å²) in [6.07, 6.45) is 2.06. The second-order valence-corrected chi connectivity index (χ2v) is 4.96. The fourth-order valence-electron chi connectivity index (χ4n) is 2.32. The van der Waals surface area contributed by atoms with Gasteiger partial charge in [0.1, 0.15) is 5.69 Å². The van der Waals surface area contributed by atoms with E-state index in [4.69, 9.17) is 0 Å². The first-order chi connectivity index (χ1) is 9.76. The average molecular weight is 263 g/mol. The molecule has 0 fully saturated rings. The average Bonchev–Trinajstić information content (AvgIpc) is 2.46. The van der Waals surface area contributed by atoms with Gasteiger partial charge >= 0.3 is 0 Å². The van der Waals surface area contributed by atoms with Gasteiger partial charge in [0, 0.05) is 16.8 Å². The van der Waals surface area contributed by atoms with E-state index in [-0.39, 0.29) is 0 Å². The number of hydrogen-bond donors (Lipinski definition) is 0. The smallest absolute Gasteiger partial charge is 0.178 e. The molecular weight excluding hydrogens is 246 g/mol. The zero-order valence-corrected chi connectivity index (χ0v) is 11.8. The van der Waals surface area contributed by atoms with Crippen molar-refractivity contribution in [3.63, 3.8) is 0 Å². The lowest BCUT2D eigenvalue weighted by Crippen LogP contribution is -1.99. The lowest BCUT2D eigenvalue weighted by atomic mass is 10.2. The molecule has 0 atom stereocenters. The lowest BCUT2D eigenvalue weighted by Gasteiger charge is -2.06. The number of fused-ring (bicyclic) bond motifs is 1. The van der Waals surface area contributed by atoms with E-state index in [9.17, 15) is 0 Å². The maximum absolute atomic E-state index is 4.66. The van der Waals surface area contributed by atoms with Crippen molar-refractivity contribution in [3.8, 4) is 11.5 Å². The molecule has 0 spiro atoms. The molecule has 20 heavy (non-hydrogen) atoms. The highest BCUT2D eigenvalue weighted by Gasteiger charge is 2.07. The molecular formula is C17H17N3. The Balaban J connectivity index is 2.10. The molecule has 0 aliphatic heterocycles. The van der Waals surface area contributed by atoms with E-state index in [0.29, 0.717) is 0 Å². The van der Waals surface area contributed by atoms with E-state index in [2.05, 4.69) is 34.0 Å². The quantitative estimate of drug-likeness (QED) is 0.718. The van der Waals surface area contributed by atoms with Gasteiger partial charge in [-0.1, -0.05) is 37.6 Å². The molecule has 3 heteroatoms. The predicted octanol–water partition coefficient (Wildman–Crippen LogP) is 3.95. The summed E-state index contributed by atoms with van der Waals surface area (Å²) < 4.78 is 0. The molecule has 0 saturated heterocycles. The van der Waals surface area contributed by atoms with Gasteiger partial charge in [0.25, 0.3) is 0 Å². The van der Waals surface area contributed by atoms with Crippen LogP contribution in [0.3, 0.4) is 0 Å². The van der Waals surface area contributed by atoms with Crippen LogP contribution < -0.4 is 0 Å². The van der Waals surface area contributed by atoms with E-state index in [1.165, 1.54) is 0 Å². The lowest BCUT2D eigenvalue weighted by molar-refractivity contribution is 0.868. The first-order valence-corrected chi connectivity index (χ1v) is 6.97. The third kappa shape index (κ3) is 2.52. The number of aryl methyl sites for hydroxylation is 2. The van der Waals surface area contributed by atoms with Crippen molar-refractivity contribution < 1.29 is 0 Å². The van der Waals surface area contributed by atoms with Gasteiger partial charge in [0.05, 0.1) is 5.52 Å². The number of rotatable bonds is 3. The van der Waals surface area contributed by atoms with Gasteiger partial charge in [0.15, 0.2) is 5.82 Å². The first-order valence-electron chi connectivity index (χ1n) is 6.97. The Morgan fingerprint density at radius 2 is 1.80 bits per heavy atom. The topological polar surface area (TPSA) is 38.7 Å². The molecule has 3 nitrogen and oxygen atoms in total. The van der Waals surface area contributed by atoms with E-state index < -0.39 is 0 Å². The Morgan fingerprint density at radius 3 is 2.65 bits per heavy atom. The van der Waals surface area contributed by atoms with Gasteiger partial charge in [-0.25, -0.2) is 15.0 Å². The summed E-state index contributed by atoms with van der Waals surface area (Å²) >= 11 is 0. The van der Waals surface area contributed by atoms with Crippen LogP contribution in [0.1, 0.15) is 24.7 Å². The Hall–Kier alpha value is -2.29. The molecule has 100 valence electrons. The molecule has 3 aromatic rings. The van der Waals surface area contributed by atoms with Gasteiger partial charge in [0.2, 0.25) is 0 Å². The van der Waals surface area contributed by atoms with Crippen LogP contribution in [-0.4, -0.2) is 15.0 Å². The molecule has 0 aliphatic carbocycles. The van der Waals surface area contributed by atoms with Crippen LogP contribution in [0.5, 0.6) is 0 Å². The van der Waals surface area contributed by atoms with Crippen LogP contribution in [0.2, 0.25) is 0 Å². The largest absolute Gasteiger partial charge is 0.244 e. The van der Waals surface area contributed by atoms with Gasteiger partial charge in [-0.15, -0.1) is 0 Å². The number of benzene rings is 1. The van der Waals surface area contributed by atoms with Crippen LogP contribution in [-0.2, 0) is 6.42 Å². The van der Waals surface area contributed by atoms with Crippen LogP contribution in [0.15, 0.2) is 42.5 Å². The summed E-state index contributed by atoms with van der Waals surface area (Å²) in [7, 11) is 0. The fraction of sp³-hybridized carbons (Fsp3) is 0.235. The number of pyridine rings is 1. The molecule has 0 radical (unpaired) electrons. The third-order valence-electron chi connectivity index (χ3n) is 3.24. The summed E-state index contributed by atoms with van der Waals surface area (Å²) in [4.78, 5) is 13.8. The first kappa shape index (κ1) is 12.7. The summed E-state index contributed by atoms with van der Waals surface area (Å²) in [5, 5.41) is 1.14. The predicted molar refractivity (Wildman–Crippen MR) is 81.5 cm³/mol. The number of nitrogens with zero attached hydrogens (tertiary/aromatic N) is 3. The van der Waals surface area contributed by atoms with Crippen LogP contribution in [0, 0.1) is 6.92 Å². The second-order valence-electron chi connectivity index (χ2n) is 4.96. The normalized spacial score (nSPS) is 10.9. The molecule has 0 unspecified atom stereocenters. The van der Waals surface area contributed by atoms with Gasteiger partial charge < -0.3 is 0 Å². The minimum absolute atomic E-state index is 0.721. The number of hydrogen-bond acceptors (Lipinski definition) is 3. The van der Waals surface area contributed by atoms with E-state index >= 15 is 0 Å². The monoisotopic (exact) mass is 263 g/mol. The standard InChI is InChI=1S/C17H17N3/c1-3-6-14-11-12(2)18-17(19-14)16-10-9-13-7-4-5-8-15(13)20-16/h4-5,7-11H,3,6H2,1-2H3. The van der Waals surface area contributed by atoms with Crippen LogP contribution in [0.25, 0.3) is 22.4 Å². The molecule has 0 aliphatic rings. The fourth-order valence-corrected chi connectivity index (χ4v) is 2.32. The molecule has 0 saturated carbocycles. The maximum Gasteiger partial charge on any atom is 0.178 e. The second kappa shape index (κ2) is 5.37. The minimum Gasteiger partial charge on any atom is -0.244 e. The summed E-state index contributed by atoms with van der Waals surface area (Å²) in [5.41, 5.74) is 3.90. The van der Waals surface area contributed by atoms with Crippen molar-refractivity contribution in [2.75, 3.05) is 0 Å². The van der Waals surface area contributed by atoms with Crippen molar-refractivity contribution in [1.82, 2.24) is 15.0 Å². The van der Waals surface area contributed by atoms with E-state index in [1.807, 2.05) is 37.3 Å². The van der Waals surface area contributed by atoms with Gasteiger partial charge in [-0.05, 0) is 31.5 Å². The molecule has 0 N–H and O–H groups in total. The van der Waals surface area contributed by atoms with E-state index in [1.54, 1.807) is 0 Å². The zero-order chi connectivity index (χ0) is 13.9. The molecule has 3 rings (SSSR count). The van der Waals surface area contributed by atoms with Crippen molar-refractivity contribution in [2.24, 2.45) is 0 Å². The van der Waals surface area contributed by atoms with Crippen LogP contribution in [0.4, 0.5) is 0 Å². The number of para-hydroxylation sites is 1. The van der Waals surface area contributed by atoms with Crippen molar-refractivity contribution in [3.05, 3.63) is 53.9 Å². The molecule has 0 amide bonds. The Morgan fingerprint density at radius 1 is 0.950 bits per heavy atom. The molecule has 2 aromatic heterocycles. The highest BCUT2D eigenvalue weighted by atomic mass is 14.9. The Bertz CT molecular complexity index is 750. The minimum atomic E-state index is 0.721. The van der Waals surface area contributed by atoms with Crippen LogP contribution >= 0.6 is 0 Å². The summed E-state index contributed by atoms with van der Waals surface area (Å²) in [6.45, 7) is 4.16. The molecule has 0 bridgehead atoms. The van der Waals surface area contributed by atoms with Gasteiger partial charge in [-0.2, -0.15) is 0 Å². The van der Waals surface area contributed by atoms with Crippen molar-refractivity contribution in [2.45, 2.75) is 26.7 Å². The van der Waals surface area contributed by atoms with Gasteiger partial charge in [-0.3, -0.25) is 0 Å². The van der Waals surface area contributed by atoms with Crippen molar-refractivity contribution in [1.29, 1.82) is 0 Å². The Kier molecular flexibility index (Phi) is 3.42. The summed E-state index contributed by atoms with van der Waals surface area (Å²) in [6, 6.07) is 14.2. The molecule has 2 heterocycles. The number of aromatic nitrogens is 3. The summed E-state index contributed by atoms with van der Waals surface area (Å²) in [5.74, 6) is 0.721. The highest BCUT2D eigenvalue weighted by molar-refractivity contribution is 5.80. The highest BCUT2D eigenvalue weighted by Crippen LogP contribution is 2.19. The van der Waals surface area contributed by atoms with E-state index in [0.717, 1.165) is 46.7 Å². The zero-order valence-electron chi connectivity index (χ0n) is 11.8. The SMILES string of the molecule is CCCc1cc(C)nc(-c2ccc3ccccc3n2)n1. The molecule has 1 aromatic carbocycles. The Labute approximate surface area is 118 Å². The third-order valence-corrected chi connectivity index (χ3v) is 3.24. The maximum atomic E-state index is 4.66. The van der Waals surface area contributed by atoms with Crippen molar-refractivity contribution >= 4 is 10.9 Å².